The van der Waals surface area contributed by atoms with Gasteiger partial charge in [-0.05, 0) is 12.1 Å². The van der Waals surface area contributed by atoms with Crippen LogP contribution in [-0.2, 0) is 0 Å². The first-order valence-electron chi connectivity index (χ1n) is 5.93. The lowest BCUT2D eigenvalue weighted by Crippen LogP contribution is -2.01. The Labute approximate surface area is 116 Å². The Bertz CT molecular complexity index is 649. The molecule has 2 aromatic carbocycles. The molecule has 0 aliphatic carbocycles. The van der Waals surface area contributed by atoms with Gasteiger partial charge in [-0.1, -0.05) is 47.6 Å². The molecule has 5 nitrogen and oxygen atoms in total. The van der Waals surface area contributed by atoms with Crippen LogP contribution < -0.4 is 0 Å². The maximum absolute atomic E-state index is 9.59. The Balaban J connectivity index is 2.25. The lowest BCUT2D eigenvalue weighted by Gasteiger charge is -1.98. The third-order valence-electron chi connectivity index (χ3n) is 2.55. The first-order valence-corrected chi connectivity index (χ1v) is 5.93. The van der Waals surface area contributed by atoms with Gasteiger partial charge in [0, 0.05) is 11.1 Å². The van der Waals surface area contributed by atoms with E-state index in [0.717, 1.165) is 5.56 Å². The van der Waals surface area contributed by atoms with Crippen molar-refractivity contribution in [1.29, 1.82) is 0 Å². The molecule has 0 amide bonds. The highest BCUT2D eigenvalue weighted by molar-refractivity contribution is 6.38. The van der Waals surface area contributed by atoms with Crippen molar-refractivity contribution >= 4 is 18.1 Å². The van der Waals surface area contributed by atoms with E-state index in [-0.39, 0.29) is 5.75 Å². The Morgan fingerprint density at radius 1 is 0.950 bits per heavy atom. The maximum atomic E-state index is 9.59. The van der Waals surface area contributed by atoms with Gasteiger partial charge in [-0.2, -0.15) is 5.10 Å². The fraction of sp³-hybridized carbons (Fsp3) is 0. The molecular formula is C15H13N3O2. The Morgan fingerprint density at radius 2 is 1.65 bits per heavy atom. The summed E-state index contributed by atoms with van der Waals surface area (Å²) in [4.78, 5) is 0. The van der Waals surface area contributed by atoms with Crippen LogP contribution in [-0.4, -0.2) is 28.5 Å². The van der Waals surface area contributed by atoms with Gasteiger partial charge in [0.1, 0.15) is 11.5 Å². The molecule has 100 valence electrons. The Kier molecular flexibility index (Phi) is 4.61. The van der Waals surface area contributed by atoms with Crippen LogP contribution in [0.25, 0.3) is 0 Å². The molecule has 2 N–H and O–H groups in total. The SMILES string of the molecule is ON=CC(=NN=Cc1ccccc1O)c1ccccc1. The number of oxime groups is 1. The predicted octanol–water partition coefficient (Wildman–Crippen LogP) is 2.68. The van der Waals surface area contributed by atoms with Gasteiger partial charge in [0.2, 0.25) is 0 Å². The fourth-order valence-electron chi connectivity index (χ4n) is 1.57. The number of aromatic hydroxyl groups is 1. The second-order valence-electron chi connectivity index (χ2n) is 3.90. The van der Waals surface area contributed by atoms with Crippen molar-refractivity contribution in [3.05, 3.63) is 65.7 Å². The molecule has 5 heteroatoms. The van der Waals surface area contributed by atoms with E-state index in [1.807, 2.05) is 30.3 Å². The van der Waals surface area contributed by atoms with E-state index in [9.17, 15) is 5.11 Å². The molecule has 0 saturated heterocycles. The molecule has 0 spiro atoms. The van der Waals surface area contributed by atoms with Crippen LogP contribution >= 0.6 is 0 Å². The van der Waals surface area contributed by atoms with E-state index in [4.69, 9.17) is 5.21 Å². The minimum absolute atomic E-state index is 0.128. The zero-order chi connectivity index (χ0) is 14.2. The van der Waals surface area contributed by atoms with Crippen LogP contribution in [0.1, 0.15) is 11.1 Å². The summed E-state index contributed by atoms with van der Waals surface area (Å²) in [5.41, 5.74) is 1.75. The normalized spacial score (nSPS) is 12.3. The van der Waals surface area contributed by atoms with Crippen LogP contribution in [0, 0.1) is 0 Å². The smallest absolute Gasteiger partial charge is 0.124 e. The van der Waals surface area contributed by atoms with E-state index in [1.54, 1.807) is 24.3 Å². The van der Waals surface area contributed by atoms with Gasteiger partial charge in [-0.15, -0.1) is 5.10 Å². The number of hydrogen-bond acceptors (Lipinski definition) is 5. The Hall–Kier alpha value is -2.95. The largest absolute Gasteiger partial charge is 0.507 e. The van der Waals surface area contributed by atoms with E-state index >= 15 is 0 Å². The van der Waals surface area contributed by atoms with Gasteiger partial charge in [0.05, 0.1) is 12.4 Å². The van der Waals surface area contributed by atoms with Crippen LogP contribution in [0.2, 0.25) is 0 Å². The number of nitrogens with zero attached hydrogens (tertiary/aromatic N) is 3. The zero-order valence-electron chi connectivity index (χ0n) is 10.6. The van der Waals surface area contributed by atoms with Crippen LogP contribution in [0.3, 0.4) is 0 Å². The summed E-state index contributed by atoms with van der Waals surface area (Å²) in [6.07, 6.45) is 2.64. The molecule has 0 heterocycles. The topological polar surface area (TPSA) is 77.5 Å². The summed E-state index contributed by atoms with van der Waals surface area (Å²) in [5.74, 6) is 0.128. The maximum Gasteiger partial charge on any atom is 0.124 e. The average molecular weight is 267 g/mol. The molecular weight excluding hydrogens is 254 g/mol. The molecule has 20 heavy (non-hydrogen) atoms. The molecule has 0 saturated carbocycles. The third kappa shape index (κ3) is 3.52. The van der Waals surface area contributed by atoms with Crippen molar-refractivity contribution in [3.8, 4) is 5.75 Å². The van der Waals surface area contributed by atoms with E-state index in [2.05, 4.69) is 15.4 Å². The number of para-hydroxylation sites is 1. The molecule has 2 rings (SSSR count). The molecule has 0 bridgehead atoms. The molecule has 0 aromatic heterocycles. The minimum atomic E-state index is 0.128. The van der Waals surface area contributed by atoms with Crippen molar-refractivity contribution < 1.29 is 10.3 Å². The predicted molar refractivity (Wildman–Crippen MR) is 79.0 cm³/mol. The first-order chi connectivity index (χ1) is 9.81. The highest BCUT2D eigenvalue weighted by Crippen LogP contribution is 2.12. The van der Waals surface area contributed by atoms with E-state index in [0.29, 0.717) is 11.3 Å². The van der Waals surface area contributed by atoms with Crippen LogP contribution in [0.15, 0.2) is 70.0 Å². The van der Waals surface area contributed by atoms with Crippen LogP contribution in [0.4, 0.5) is 0 Å². The number of hydrogen-bond donors (Lipinski definition) is 2. The highest BCUT2D eigenvalue weighted by atomic mass is 16.4. The van der Waals surface area contributed by atoms with Gasteiger partial charge >= 0.3 is 0 Å². The second kappa shape index (κ2) is 6.84. The third-order valence-corrected chi connectivity index (χ3v) is 2.55. The monoisotopic (exact) mass is 267 g/mol. The van der Waals surface area contributed by atoms with Crippen molar-refractivity contribution in [3.63, 3.8) is 0 Å². The summed E-state index contributed by atoms with van der Waals surface area (Å²) in [7, 11) is 0. The lowest BCUT2D eigenvalue weighted by atomic mass is 10.1. The molecule has 0 unspecified atom stereocenters. The summed E-state index contributed by atoms with van der Waals surface area (Å²) in [6, 6.07) is 16.0. The van der Waals surface area contributed by atoms with E-state index < -0.39 is 0 Å². The van der Waals surface area contributed by atoms with E-state index in [1.165, 1.54) is 12.4 Å². The summed E-state index contributed by atoms with van der Waals surface area (Å²) in [5, 5.41) is 29.1. The summed E-state index contributed by atoms with van der Waals surface area (Å²) >= 11 is 0. The molecule has 0 atom stereocenters. The van der Waals surface area contributed by atoms with Gasteiger partial charge in [-0.3, -0.25) is 0 Å². The second-order valence-corrected chi connectivity index (χ2v) is 3.90. The minimum Gasteiger partial charge on any atom is -0.507 e. The standard InChI is InChI=1S/C15H13N3O2/c19-15-9-5-4-8-13(15)10-16-18-14(11-17-20)12-6-2-1-3-7-12/h1-11,19-20H. The number of rotatable bonds is 4. The van der Waals surface area contributed by atoms with Gasteiger partial charge in [0.25, 0.3) is 0 Å². The summed E-state index contributed by atoms with van der Waals surface area (Å²) in [6.45, 7) is 0. The summed E-state index contributed by atoms with van der Waals surface area (Å²) < 4.78 is 0. The number of benzene rings is 2. The molecule has 0 radical (unpaired) electrons. The highest BCUT2D eigenvalue weighted by Gasteiger charge is 1.99. The lowest BCUT2D eigenvalue weighted by molar-refractivity contribution is 0.322. The number of phenols is 1. The molecule has 2 aromatic rings. The fourth-order valence-corrected chi connectivity index (χ4v) is 1.57. The molecule has 0 aliphatic rings. The molecule has 0 fully saturated rings. The first kappa shape index (κ1) is 13.5. The van der Waals surface area contributed by atoms with Gasteiger partial charge in [-0.25, -0.2) is 0 Å². The van der Waals surface area contributed by atoms with Crippen molar-refractivity contribution in [2.75, 3.05) is 0 Å². The van der Waals surface area contributed by atoms with Crippen molar-refractivity contribution in [2.45, 2.75) is 0 Å². The van der Waals surface area contributed by atoms with Crippen molar-refractivity contribution in [1.82, 2.24) is 0 Å². The quantitative estimate of drug-likeness (QED) is 0.507. The average Bonchev–Trinajstić information content (AvgIpc) is 2.49. The van der Waals surface area contributed by atoms with Gasteiger partial charge < -0.3 is 10.3 Å². The van der Waals surface area contributed by atoms with Gasteiger partial charge in [0.15, 0.2) is 0 Å². The van der Waals surface area contributed by atoms with Crippen LogP contribution in [0.5, 0.6) is 5.75 Å². The number of phenolic OH excluding ortho intramolecular Hbond substituents is 1. The molecule has 0 aliphatic heterocycles. The van der Waals surface area contributed by atoms with Crippen molar-refractivity contribution in [2.24, 2.45) is 15.4 Å². The zero-order valence-corrected chi connectivity index (χ0v) is 10.6. The Morgan fingerprint density at radius 3 is 2.35 bits per heavy atom.